The van der Waals surface area contributed by atoms with Crippen molar-refractivity contribution in [2.24, 2.45) is 0 Å². The van der Waals surface area contributed by atoms with E-state index in [4.69, 9.17) is 9.47 Å². The summed E-state index contributed by atoms with van der Waals surface area (Å²) in [5, 5.41) is 11.5. The normalized spacial score (nSPS) is 16.7. The second kappa shape index (κ2) is 13.8. The number of amides is 2. The van der Waals surface area contributed by atoms with E-state index in [9.17, 15) is 24.3 Å². The summed E-state index contributed by atoms with van der Waals surface area (Å²) in [6, 6.07) is 12.8. The molecular weight excluding hydrogens is 588 g/mol. The molecule has 3 heterocycles. The summed E-state index contributed by atoms with van der Waals surface area (Å²) in [5.74, 6) is -1.53. The van der Waals surface area contributed by atoms with Gasteiger partial charge in [0.2, 0.25) is 0 Å². The first-order chi connectivity index (χ1) is 20.6. The molecule has 44 heavy (non-hydrogen) atoms. The van der Waals surface area contributed by atoms with Crippen LogP contribution in [0.15, 0.2) is 48.7 Å². The van der Waals surface area contributed by atoms with Crippen LogP contribution in [0.25, 0.3) is 10.9 Å². The van der Waals surface area contributed by atoms with Crippen LogP contribution in [0.3, 0.4) is 0 Å². The van der Waals surface area contributed by atoms with Crippen molar-refractivity contribution in [3.05, 3.63) is 65.4 Å². The van der Waals surface area contributed by atoms with Crippen molar-refractivity contribution in [3.63, 3.8) is 0 Å². The monoisotopic (exact) mass is 626 g/mol. The van der Waals surface area contributed by atoms with Gasteiger partial charge in [-0.2, -0.15) is 0 Å². The van der Waals surface area contributed by atoms with Crippen molar-refractivity contribution >= 4 is 47.0 Å². The minimum Gasteiger partial charge on any atom is -0.496 e. The summed E-state index contributed by atoms with van der Waals surface area (Å²) in [7, 11) is 3.38. The Morgan fingerprint density at radius 2 is 1.57 bits per heavy atom. The second-order valence-electron chi connectivity index (χ2n) is 11.3. The van der Waals surface area contributed by atoms with Crippen molar-refractivity contribution in [1.82, 2.24) is 19.3 Å². The molecule has 0 saturated carbocycles. The number of piperazine rings is 1. The number of aromatic nitrogens is 1. The van der Waals surface area contributed by atoms with Gasteiger partial charge in [-0.05, 0) is 38.4 Å². The van der Waals surface area contributed by atoms with E-state index in [-0.39, 0.29) is 52.7 Å². The smallest absolute Gasteiger partial charge is 0.418 e. The first kappa shape index (κ1) is 33.0. The fraction of sp³-hybridized carbons (Fsp3) is 0.438. The lowest BCUT2D eigenvalue weighted by Crippen LogP contribution is -2.49. The largest absolute Gasteiger partial charge is 0.496 e. The molecule has 3 aromatic rings. The molecule has 5 rings (SSSR count). The molecule has 0 bridgehead atoms. The summed E-state index contributed by atoms with van der Waals surface area (Å²) in [5.41, 5.74) is 0.612. The molecule has 0 atom stereocenters. The van der Waals surface area contributed by atoms with E-state index < -0.39 is 23.4 Å². The molecule has 2 aliphatic rings. The fourth-order valence-electron chi connectivity index (χ4n) is 5.83. The van der Waals surface area contributed by atoms with Crippen LogP contribution < -0.4 is 4.74 Å². The van der Waals surface area contributed by atoms with Crippen molar-refractivity contribution in [2.45, 2.75) is 31.8 Å². The van der Waals surface area contributed by atoms with E-state index in [0.717, 1.165) is 5.56 Å². The number of ketones is 1. The number of hydrogen-bond donors (Lipinski definition) is 1. The highest BCUT2D eigenvalue weighted by Crippen LogP contribution is 2.33. The Balaban J connectivity index is 0.00000442. The SMILES string of the molecule is CCOC(=O)n1cc(C(=O)C(=O)N2CCN(C)CC2)c2cc(C(=O)N3CCC(O)(Cc4ccccc4)CC3)c(OC)cc21.Cl. The van der Waals surface area contributed by atoms with Crippen molar-refractivity contribution in [3.8, 4) is 5.75 Å². The Hall–Kier alpha value is -3.93. The number of carbonyl (C=O) groups excluding carboxylic acids is 4. The zero-order chi connectivity index (χ0) is 30.7. The molecule has 0 unspecified atom stereocenters. The number of rotatable bonds is 7. The van der Waals surface area contributed by atoms with E-state index in [1.165, 1.54) is 34.9 Å². The van der Waals surface area contributed by atoms with Gasteiger partial charge in [0.25, 0.3) is 17.6 Å². The first-order valence-corrected chi connectivity index (χ1v) is 14.6. The summed E-state index contributed by atoms with van der Waals surface area (Å²) < 4.78 is 11.9. The van der Waals surface area contributed by atoms with Gasteiger partial charge in [-0.3, -0.25) is 19.0 Å². The number of nitrogens with zero attached hydrogens (tertiary/aromatic N) is 4. The number of aliphatic hydroxyl groups is 1. The Bertz CT molecular complexity index is 1520. The average Bonchev–Trinajstić information content (AvgIpc) is 3.39. The molecule has 2 amide bonds. The quantitative estimate of drug-likeness (QED) is 0.313. The molecule has 2 aromatic carbocycles. The fourth-order valence-corrected chi connectivity index (χ4v) is 5.83. The van der Waals surface area contributed by atoms with Crippen LogP contribution in [0.1, 0.15) is 46.0 Å². The minimum absolute atomic E-state index is 0. The van der Waals surface area contributed by atoms with Gasteiger partial charge in [-0.25, -0.2) is 4.79 Å². The second-order valence-corrected chi connectivity index (χ2v) is 11.3. The van der Waals surface area contributed by atoms with Gasteiger partial charge in [0.15, 0.2) is 0 Å². The average molecular weight is 627 g/mol. The van der Waals surface area contributed by atoms with Crippen molar-refractivity contribution in [1.29, 1.82) is 0 Å². The molecule has 2 aliphatic heterocycles. The summed E-state index contributed by atoms with van der Waals surface area (Å²) in [6.45, 7) is 4.58. The molecule has 1 aromatic heterocycles. The van der Waals surface area contributed by atoms with Gasteiger partial charge in [0.05, 0.1) is 36.0 Å². The number of likely N-dealkylation sites (N-methyl/N-ethyl adjacent to an activating group) is 1. The number of hydrogen-bond acceptors (Lipinski definition) is 8. The number of halogens is 1. The zero-order valence-electron chi connectivity index (χ0n) is 25.3. The van der Waals surface area contributed by atoms with Gasteiger partial charge in [-0.15, -0.1) is 12.4 Å². The Kier molecular flexibility index (Phi) is 10.3. The molecule has 0 radical (unpaired) electrons. The summed E-state index contributed by atoms with van der Waals surface area (Å²) >= 11 is 0. The zero-order valence-corrected chi connectivity index (χ0v) is 26.1. The number of benzene rings is 2. The molecule has 2 fully saturated rings. The van der Waals surface area contributed by atoms with Gasteiger partial charge < -0.3 is 29.3 Å². The van der Waals surface area contributed by atoms with E-state index in [1.807, 2.05) is 37.4 Å². The molecule has 0 spiro atoms. The highest BCUT2D eigenvalue weighted by atomic mass is 35.5. The maximum atomic E-state index is 13.8. The Morgan fingerprint density at radius 3 is 2.18 bits per heavy atom. The third-order valence-corrected chi connectivity index (χ3v) is 8.41. The van der Waals surface area contributed by atoms with Crippen LogP contribution >= 0.6 is 12.4 Å². The summed E-state index contributed by atoms with van der Waals surface area (Å²) in [4.78, 5) is 58.7. The molecule has 1 N–H and O–H groups in total. The predicted molar refractivity (Wildman–Crippen MR) is 167 cm³/mol. The highest BCUT2D eigenvalue weighted by molar-refractivity contribution is 6.45. The van der Waals surface area contributed by atoms with E-state index in [0.29, 0.717) is 58.5 Å². The highest BCUT2D eigenvalue weighted by Gasteiger charge is 2.36. The maximum Gasteiger partial charge on any atom is 0.418 e. The lowest BCUT2D eigenvalue weighted by Gasteiger charge is -2.38. The Labute approximate surface area is 262 Å². The van der Waals surface area contributed by atoms with E-state index in [2.05, 4.69) is 4.90 Å². The molecular formula is C32H39ClN4O7. The number of piperidine rings is 1. The van der Waals surface area contributed by atoms with Gasteiger partial charge in [0, 0.05) is 63.3 Å². The molecule has 2 saturated heterocycles. The van der Waals surface area contributed by atoms with Crippen molar-refractivity contribution < 1.29 is 33.8 Å². The first-order valence-electron chi connectivity index (χ1n) is 14.6. The van der Waals surface area contributed by atoms with Crippen LogP contribution in [0.2, 0.25) is 0 Å². The van der Waals surface area contributed by atoms with Crippen LogP contribution in [-0.4, -0.2) is 114 Å². The number of ether oxygens (including phenoxy) is 2. The van der Waals surface area contributed by atoms with E-state index in [1.54, 1.807) is 11.8 Å². The number of carbonyl (C=O) groups is 4. The molecule has 236 valence electrons. The lowest BCUT2D eigenvalue weighted by atomic mass is 9.85. The van der Waals surface area contributed by atoms with Gasteiger partial charge >= 0.3 is 6.09 Å². The van der Waals surface area contributed by atoms with Gasteiger partial charge in [0.1, 0.15) is 5.75 Å². The molecule has 12 heteroatoms. The van der Waals surface area contributed by atoms with Crippen LogP contribution in [0.5, 0.6) is 5.75 Å². The van der Waals surface area contributed by atoms with Crippen LogP contribution in [0, 0.1) is 0 Å². The standard InChI is InChI=1S/C32H38N4O7.ClH/c1-4-43-31(40)36-21-25(28(37)30(39)35-16-14-33(2)15-17-35)23-18-24(27(42-3)19-26(23)36)29(38)34-12-10-32(41,11-13-34)20-22-8-6-5-7-9-22;/h5-9,18-19,21,41H,4,10-17,20H2,1-3H3;1H. The molecule has 0 aliphatic carbocycles. The topological polar surface area (TPSA) is 122 Å². The van der Waals surface area contributed by atoms with E-state index >= 15 is 0 Å². The number of fused-ring (bicyclic) bond motifs is 1. The predicted octanol–water partition coefficient (Wildman–Crippen LogP) is 3.24. The van der Waals surface area contributed by atoms with Crippen LogP contribution in [0.4, 0.5) is 4.79 Å². The Morgan fingerprint density at radius 1 is 0.909 bits per heavy atom. The third-order valence-electron chi connectivity index (χ3n) is 8.41. The number of likely N-dealkylation sites (tertiary alicyclic amines) is 1. The maximum absolute atomic E-state index is 13.8. The number of Topliss-reactive ketones (excluding diaryl/α,β-unsaturated/α-hetero) is 1. The molecule has 11 nitrogen and oxygen atoms in total. The lowest BCUT2D eigenvalue weighted by molar-refractivity contribution is -0.127. The third kappa shape index (κ3) is 6.74. The minimum atomic E-state index is -0.924. The van der Waals surface area contributed by atoms with Crippen LogP contribution in [-0.2, 0) is 16.0 Å². The van der Waals surface area contributed by atoms with Crippen molar-refractivity contribution in [2.75, 3.05) is 60.0 Å². The summed E-state index contributed by atoms with van der Waals surface area (Å²) in [6.07, 6.45) is 1.89. The number of methoxy groups -OCH3 is 1. The van der Waals surface area contributed by atoms with Gasteiger partial charge in [-0.1, -0.05) is 30.3 Å².